The van der Waals surface area contributed by atoms with Crippen LogP contribution in [0.4, 0.5) is 0 Å². The molecule has 1 rings (SSSR count). The van der Waals surface area contributed by atoms with Gasteiger partial charge in [-0.05, 0) is 0 Å². The number of carbonyl (C=O) groups is 1. The van der Waals surface area contributed by atoms with Crippen molar-refractivity contribution in [1.82, 2.24) is 5.32 Å². The molecule has 0 aromatic rings. The Morgan fingerprint density at radius 1 is 1.33 bits per heavy atom. The zero-order valence-corrected chi connectivity index (χ0v) is 10.1. The lowest BCUT2D eigenvalue weighted by Crippen LogP contribution is -2.71. The molecular weight excluding hydrogens is 246 g/mol. The van der Waals surface area contributed by atoms with Crippen LogP contribution in [0.15, 0.2) is 0 Å². The number of amides is 1. The summed E-state index contributed by atoms with van der Waals surface area (Å²) in [5.41, 5.74) is 0. The van der Waals surface area contributed by atoms with E-state index in [2.05, 4.69) is 0 Å². The van der Waals surface area contributed by atoms with Crippen molar-refractivity contribution in [3.05, 3.63) is 0 Å². The van der Waals surface area contributed by atoms with E-state index in [1.54, 1.807) is 13.8 Å². The zero-order chi connectivity index (χ0) is 14.1. The fourth-order valence-electron chi connectivity index (χ4n) is 1.58. The molecule has 0 aromatic carbocycles. The lowest BCUT2D eigenvalue weighted by atomic mass is 9.96. The van der Waals surface area contributed by atoms with Gasteiger partial charge in [-0.3, -0.25) is 4.79 Å². The van der Waals surface area contributed by atoms with Crippen molar-refractivity contribution in [2.75, 3.05) is 6.61 Å². The van der Waals surface area contributed by atoms with E-state index >= 15 is 0 Å². The van der Waals surface area contributed by atoms with Gasteiger partial charge in [0.25, 0.3) is 5.91 Å². The van der Waals surface area contributed by atoms with E-state index in [9.17, 15) is 25.2 Å². The first-order valence-electron chi connectivity index (χ1n) is 5.60. The van der Waals surface area contributed by atoms with Gasteiger partial charge >= 0.3 is 0 Å². The number of rotatable bonds is 3. The van der Waals surface area contributed by atoms with Crippen LogP contribution >= 0.6 is 0 Å². The number of ether oxygens (including phenoxy) is 1. The van der Waals surface area contributed by atoms with Gasteiger partial charge in [0, 0.05) is 5.92 Å². The van der Waals surface area contributed by atoms with Gasteiger partial charge in [-0.1, -0.05) is 13.8 Å². The predicted octanol–water partition coefficient (Wildman–Crippen LogP) is -3.12. The molecule has 6 N–H and O–H groups in total. The Hall–Kier alpha value is -0.770. The highest BCUT2D eigenvalue weighted by molar-refractivity contribution is 5.78. The lowest BCUT2D eigenvalue weighted by Gasteiger charge is -2.45. The fourth-order valence-corrected chi connectivity index (χ4v) is 1.58. The van der Waals surface area contributed by atoms with Crippen LogP contribution in [0.25, 0.3) is 0 Å². The Kier molecular flexibility index (Phi) is 4.65. The summed E-state index contributed by atoms with van der Waals surface area (Å²) in [4.78, 5) is 11.5. The molecule has 0 spiro atoms. The number of nitrogens with one attached hydrogen (secondary N) is 1. The SMILES string of the molecule is CC(C)C(=O)N[C@@]1(O)O[C@H](CO)[C@H](O)[C@H](O)[C@H]1O. The average molecular weight is 265 g/mol. The van der Waals surface area contributed by atoms with Gasteiger partial charge in [0.2, 0.25) is 5.91 Å². The van der Waals surface area contributed by atoms with Crippen molar-refractivity contribution in [2.45, 2.75) is 44.2 Å². The second-order valence-electron chi connectivity index (χ2n) is 4.61. The van der Waals surface area contributed by atoms with E-state index in [4.69, 9.17) is 9.84 Å². The molecule has 0 bridgehead atoms. The molecule has 5 atom stereocenters. The van der Waals surface area contributed by atoms with Gasteiger partial charge in [-0.15, -0.1) is 0 Å². The molecule has 1 aliphatic rings. The van der Waals surface area contributed by atoms with Crippen LogP contribution in [0.3, 0.4) is 0 Å². The third-order valence-corrected chi connectivity index (χ3v) is 2.79. The van der Waals surface area contributed by atoms with Crippen molar-refractivity contribution in [3.8, 4) is 0 Å². The molecule has 0 saturated carbocycles. The minimum Gasteiger partial charge on any atom is -0.394 e. The van der Waals surface area contributed by atoms with E-state index in [-0.39, 0.29) is 0 Å². The molecular formula is C10H19NO7. The first-order valence-corrected chi connectivity index (χ1v) is 5.60. The summed E-state index contributed by atoms with van der Waals surface area (Å²) in [5.74, 6) is -3.65. The van der Waals surface area contributed by atoms with Crippen LogP contribution in [-0.4, -0.2) is 68.4 Å². The predicted molar refractivity (Wildman–Crippen MR) is 57.9 cm³/mol. The normalized spacial score (nSPS) is 40.9. The molecule has 0 aliphatic carbocycles. The molecule has 106 valence electrons. The van der Waals surface area contributed by atoms with Crippen LogP contribution in [0.5, 0.6) is 0 Å². The van der Waals surface area contributed by atoms with Crippen LogP contribution < -0.4 is 5.32 Å². The van der Waals surface area contributed by atoms with Crippen LogP contribution in [-0.2, 0) is 9.53 Å². The summed E-state index contributed by atoms with van der Waals surface area (Å²) in [6.07, 6.45) is -6.58. The summed E-state index contributed by atoms with van der Waals surface area (Å²) in [6, 6.07) is 0. The van der Waals surface area contributed by atoms with E-state index in [1.807, 2.05) is 5.32 Å². The molecule has 8 nitrogen and oxygen atoms in total. The van der Waals surface area contributed by atoms with E-state index < -0.39 is 48.8 Å². The molecule has 1 saturated heterocycles. The molecule has 0 unspecified atom stereocenters. The second kappa shape index (κ2) is 5.47. The summed E-state index contributed by atoms with van der Waals surface area (Å²) in [7, 11) is 0. The van der Waals surface area contributed by atoms with Gasteiger partial charge in [0.05, 0.1) is 6.61 Å². The van der Waals surface area contributed by atoms with Gasteiger partial charge in [-0.2, -0.15) is 0 Å². The Bertz CT molecular complexity index is 309. The number of carbonyl (C=O) groups excluding carboxylic acids is 1. The Morgan fingerprint density at radius 3 is 2.33 bits per heavy atom. The van der Waals surface area contributed by atoms with Crippen molar-refractivity contribution in [1.29, 1.82) is 0 Å². The summed E-state index contributed by atoms with van der Waals surface area (Å²) >= 11 is 0. The van der Waals surface area contributed by atoms with Crippen molar-refractivity contribution < 1.29 is 35.1 Å². The molecule has 0 radical (unpaired) electrons. The number of hydrogen-bond donors (Lipinski definition) is 6. The Balaban J connectivity index is 2.88. The fraction of sp³-hybridized carbons (Fsp3) is 0.900. The highest BCUT2D eigenvalue weighted by atomic mass is 16.7. The largest absolute Gasteiger partial charge is 0.394 e. The highest BCUT2D eigenvalue weighted by Crippen LogP contribution is 2.26. The minimum atomic E-state index is -2.55. The van der Waals surface area contributed by atoms with Gasteiger partial charge in [0.15, 0.2) is 6.10 Å². The van der Waals surface area contributed by atoms with Gasteiger partial charge < -0.3 is 35.6 Å². The molecule has 1 heterocycles. The zero-order valence-electron chi connectivity index (χ0n) is 10.1. The second-order valence-corrected chi connectivity index (χ2v) is 4.61. The lowest BCUT2D eigenvalue weighted by molar-refractivity contribution is -0.358. The van der Waals surface area contributed by atoms with Crippen molar-refractivity contribution >= 4 is 5.91 Å². The topological polar surface area (TPSA) is 139 Å². The summed E-state index contributed by atoms with van der Waals surface area (Å²) < 4.78 is 4.85. The van der Waals surface area contributed by atoms with E-state index in [1.165, 1.54) is 0 Å². The third-order valence-electron chi connectivity index (χ3n) is 2.79. The van der Waals surface area contributed by atoms with Gasteiger partial charge in [-0.25, -0.2) is 0 Å². The Labute approximate surface area is 104 Å². The van der Waals surface area contributed by atoms with Crippen molar-refractivity contribution in [3.63, 3.8) is 0 Å². The highest BCUT2D eigenvalue weighted by Gasteiger charge is 2.53. The maximum atomic E-state index is 11.5. The molecule has 0 aromatic heterocycles. The van der Waals surface area contributed by atoms with E-state index in [0.29, 0.717) is 0 Å². The molecule has 18 heavy (non-hydrogen) atoms. The third kappa shape index (κ3) is 2.79. The van der Waals surface area contributed by atoms with Gasteiger partial charge in [0.1, 0.15) is 18.3 Å². The number of hydrogen-bond acceptors (Lipinski definition) is 7. The maximum Gasteiger partial charge on any atom is 0.279 e. The minimum absolute atomic E-state index is 0.485. The molecule has 1 amide bonds. The first kappa shape index (κ1) is 15.3. The van der Waals surface area contributed by atoms with Crippen LogP contribution in [0.1, 0.15) is 13.8 Å². The van der Waals surface area contributed by atoms with E-state index in [0.717, 1.165) is 0 Å². The summed E-state index contributed by atoms with van der Waals surface area (Å²) in [6.45, 7) is 2.43. The van der Waals surface area contributed by atoms with Crippen molar-refractivity contribution in [2.24, 2.45) is 5.92 Å². The Morgan fingerprint density at radius 2 is 1.89 bits per heavy atom. The first-order chi connectivity index (χ1) is 8.23. The molecule has 8 heteroatoms. The van der Waals surface area contributed by atoms with Crippen LogP contribution in [0.2, 0.25) is 0 Å². The smallest absolute Gasteiger partial charge is 0.279 e. The molecule has 1 aliphatic heterocycles. The monoisotopic (exact) mass is 265 g/mol. The van der Waals surface area contributed by atoms with Crippen LogP contribution in [0, 0.1) is 5.92 Å². The quantitative estimate of drug-likeness (QED) is 0.297. The molecule has 1 fully saturated rings. The maximum absolute atomic E-state index is 11.5. The summed E-state index contributed by atoms with van der Waals surface area (Å²) in [5, 5.41) is 49.6. The standard InChI is InChI=1S/C10H19NO7/c1-4(2)9(16)11-10(17)8(15)7(14)6(13)5(3-12)18-10/h4-8,12-15,17H,3H2,1-2H3,(H,11,16)/t5-,6+,7+,8-,10+/m1/s1. The number of aliphatic hydroxyl groups is 5. The average Bonchev–Trinajstić information content (AvgIpc) is 2.31. The number of aliphatic hydroxyl groups excluding tert-OH is 4.